The molecule has 6 nitrogen and oxygen atoms in total. The molecule has 0 amide bonds. The third-order valence-corrected chi connectivity index (χ3v) is 4.99. The van der Waals surface area contributed by atoms with Crippen LogP contribution in [0.15, 0.2) is 24.3 Å². The van der Waals surface area contributed by atoms with Crippen molar-refractivity contribution in [3.05, 3.63) is 35.4 Å². The van der Waals surface area contributed by atoms with E-state index in [4.69, 9.17) is 5.11 Å². The van der Waals surface area contributed by atoms with Crippen LogP contribution in [0.25, 0.3) is 0 Å². The topological polar surface area (TPSA) is 94.9 Å². The van der Waals surface area contributed by atoms with Gasteiger partial charge in [0, 0.05) is 0 Å². The molecule has 0 saturated carbocycles. The predicted molar refractivity (Wildman–Crippen MR) is 68.0 cm³/mol. The summed E-state index contributed by atoms with van der Waals surface area (Å²) < 4.78 is 25.1. The lowest BCUT2D eigenvalue weighted by atomic mass is 9.98. The van der Waals surface area contributed by atoms with E-state index in [0.29, 0.717) is 5.56 Å². The van der Waals surface area contributed by atoms with Crippen LogP contribution in [0, 0.1) is 6.92 Å². The highest BCUT2D eigenvalue weighted by Crippen LogP contribution is 2.26. The molecule has 0 spiro atoms. The van der Waals surface area contributed by atoms with Crippen LogP contribution in [0.2, 0.25) is 0 Å². The number of sulfonamides is 1. The van der Waals surface area contributed by atoms with Gasteiger partial charge in [-0.2, -0.15) is 4.31 Å². The summed E-state index contributed by atoms with van der Waals surface area (Å²) >= 11 is 0. The highest BCUT2D eigenvalue weighted by atomic mass is 32.2. The van der Waals surface area contributed by atoms with E-state index >= 15 is 0 Å². The number of carbonyl (C=O) groups is 1. The fourth-order valence-electron chi connectivity index (χ4n) is 1.93. The molecule has 1 heterocycles. The maximum absolute atomic E-state index is 12.1. The van der Waals surface area contributed by atoms with Gasteiger partial charge in [0.05, 0.1) is 18.8 Å². The number of aliphatic carboxylic acids is 1. The summed E-state index contributed by atoms with van der Waals surface area (Å²) in [5.74, 6) is -1.58. The van der Waals surface area contributed by atoms with Crippen molar-refractivity contribution in [2.24, 2.45) is 0 Å². The van der Waals surface area contributed by atoms with E-state index in [0.717, 1.165) is 9.87 Å². The molecule has 1 aliphatic heterocycles. The van der Waals surface area contributed by atoms with E-state index < -0.39 is 34.7 Å². The molecule has 0 radical (unpaired) electrons. The molecule has 0 aromatic heterocycles. The number of β-amino-alcohol motifs (C(OH)–C–C–N with tert-alkyl or cyclic N) is 1. The number of rotatable bonds is 4. The Morgan fingerprint density at radius 1 is 1.37 bits per heavy atom. The smallest absolute Gasteiger partial charge is 0.338 e. The fourth-order valence-corrected chi connectivity index (χ4v) is 3.65. The number of hydrogen-bond acceptors (Lipinski definition) is 4. The van der Waals surface area contributed by atoms with Crippen molar-refractivity contribution in [1.82, 2.24) is 4.31 Å². The van der Waals surface area contributed by atoms with E-state index in [1.807, 2.05) is 19.1 Å². The van der Waals surface area contributed by atoms with Crippen LogP contribution >= 0.6 is 0 Å². The minimum atomic E-state index is -3.59. The number of hydrogen-bond donors (Lipinski definition) is 2. The first-order valence-electron chi connectivity index (χ1n) is 5.73. The summed E-state index contributed by atoms with van der Waals surface area (Å²) in [5, 5.41) is 18.3. The third kappa shape index (κ3) is 2.63. The van der Waals surface area contributed by atoms with Gasteiger partial charge in [-0.25, -0.2) is 13.2 Å². The van der Waals surface area contributed by atoms with Gasteiger partial charge in [0.2, 0.25) is 10.0 Å². The van der Waals surface area contributed by atoms with Gasteiger partial charge in [0.15, 0.2) is 5.60 Å². The Morgan fingerprint density at radius 2 is 1.95 bits per heavy atom. The van der Waals surface area contributed by atoms with Gasteiger partial charge in [-0.3, -0.25) is 0 Å². The Hall–Kier alpha value is -1.44. The normalized spacial score (nSPS) is 18.8. The second-order valence-electron chi connectivity index (χ2n) is 4.79. The Morgan fingerprint density at radius 3 is 2.47 bits per heavy atom. The van der Waals surface area contributed by atoms with Gasteiger partial charge >= 0.3 is 5.97 Å². The predicted octanol–water partition coefficient (Wildman–Crippen LogP) is -0.0439. The largest absolute Gasteiger partial charge is 0.479 e. The molecular formula is C12H15NO5S. The first kappa shape index (κ1) is 14.0. The molecule has 0 atom stereocenters. The molecule has 2 rings (SSSR count). The molecular weight excluding hydrogens is 270 g/mol. The Kier molecular flexibility index (Phi) is 3.38. The molecule has 1 fully saturated rings. The average molecular weight is 285 g/mol. The second-order valence-corrected chi connectivity index (χ2v) is 6.76. The van der Waals surface area contributed by atoms with Crippen molar-refractivity contribution in [1.29, 1.82) is 0 Å². The lowest BCUT2D eigenvalue weighted by Gasteiger charge is -2.42. The first-order valence-corrected chi connectivity index (χ1v) is 7.34. The van der Waals surface area contributed by atoms with Crippen LogP contribution < -0.4 is 0 Å². The second kappa shape index (κ2) is 4.59. The van der Waals surface area contributed by atoms with Crippen molar-refractivity contribution < 1.29 is 23.4 Å². The van der Waals surface area contributed by atoms with E-state index in [1.54, 1.807) is 12.1 Å². The molecule has 2 N–H and O–H groups in total. The number of carboxylic acids is 1. The minimum Gasteiger partial charge on any atom is -0.479 e. The van der Waals surface area contributed by atoms with Crippen molar-refractivity contribution in [2.45, 2.75) is 18.3 Å². The van der Waals surface area contributed by atoms with Gasteiger partial charge in [-0.15, -0.1) is 0 Å². The molecule has 1 aromatic carbocycles. The maximum Gasteiger partial charge on any atom is 0.338 e. The SMILES string of the molecule is Cc1ccccc1CS(=O)(=O)N1CC(O)(C(=O)O)C1. The van der Waals surface area contributed by atoms with Gasteiger partial charge in [-0.05, 0) is 18.1 Å². The molecule has 0 unspecified atom stereocenters. The highest BCUT2D eigenvalue weighted by Gasteiger charge is 2.52. The molecule has 104 valence electrons. The van der Waals surface area contributed by atoms with E-state index in [1.165, 1.54) is 0 Å². The quantitative estimate of drug-likeness (QED) is 0.809. The minimum absolute atomic E-state index is 0.185. The number of aliphatic hydroxyl groups is 1. The molecule has 1 aromatic rings. The molecule has 0 aliphatic carbocycles. The van der Waals surface area contributed by atoms with E-state index in [2.05, 4.69) is 0 Å². The first-order chi connectivity index (χ1) is 8.74. The molecule has 0 bridgehead atoms. The van der Waals surface area contributed by atoms with Crippen LogP contribution in [-0.4, -0.2) is 47.6 Å². The number of nitrogens with zero attached hydrogens (tertiary/aromatic N) is 1. The summed E-state index contributed by atoms with van der Waals surface area (Å²) in [6, 6.07) is 7.10. The van der Waals surface area contributed by atoms with Gasteiger partial charge in [-0.1, -0.05) is 24.3 Å². The summed E-state index contributed by atoms with van der Waals surface area (Å²) in [6.45, 7) is 1.03. The van der Waals surface area contributed by atoms with Crippen molar-refractivity contribution in [2.75, 3.05) is 13.1 Å². The maximum atomic E-state index is 12.1. The van der Waals surface area contributed by atoms with Crippen LogP contribution in [0.5, 0.6) is 0 Å². The Balaban J connectivity index is 2.10. The van der Waals surface area contributed by atoms with Crippen LogP contribution in [0.1, 0.15) is 11.1 Å². The van der Waals surface area contributed by atoms with Crippen LogP contribution in [-0.2, 0) is 20.6 Å². The number of aryl methyl sites for hydroxylation is 1. The number of carboxylic acid groups (broad SMARTS) is 1. The van der Waals surface area contributed by atoms with E-state index in [-0.39, 0.29) is 5.75 Å². The zero-order chi connectivity index (χ0) is 14.3. The van der Waals surface area contributed by atoms with Gasteiger partial charge in [0.25, 0.3) is 0 Å². The average Bonchev–Trinajstić information content (AvgIpc) is 2.27. The zero-order valence-electron chi connectivity index (χ0n) is 10.4. The molecule has 7 heteroatoms. The molecule has 1 saturated heterocycles. The zero-order valence-corrected chi connectivity index (χ0v) is 11.2. The highest BCUT2D eigenvalue weighted by molar-refractivity contribution is 7.88. The Labute approximate surface area is 111 Å². The van der Waals surface area contributed by atoms with Crippen LogP contribution in [0.3, 0.4) is 0 Å². The van der Waals surface area contributed by atoms with Crippen molar-refractivity contribution in [3.8, 4) is 0 Å². The summed E-state index contributed by atoms with van der Waals surface area (Å²) in [7, 11) is -3.59. The molecule has 1 aliphatic rings. The lowest BCUT2D eigenvalue weighted by Crippen LogP contribution is -2.67. The third-order valence-electron chi connectivity index (χ3n) is 3.27. The lowest BCUT2D eigenvalue weighted by molar-refractivity contribution is -0.170. The van der Waals surface area contributed by atoms with E-state index in [9.17, 15) is 18.3 Å². The summed E-state index contributed by atoms with van der Waals surface area (Å²) in [5.41, 5.74) is -0.410. The van der Waals surface area contributed by atoms with Crippen molar-refractivity contribution in [3.63, 3.8) is 0 Å². The fraction of sp³-hybridized carbons (Fsp3) is 0.417. The summed E-state index contributed by atoms with van der Waals surface area (Å²) in [6.07, 6.45) is 0. The monoisotopic (exact) mass is 285 g/mol. The van der Waals surface area contributed by atoms with Gasteiger partial charge < -0.3 is 10.2 Å². The number of benzene rings is 1. The Bertz CT molecular complexity index is 604. The molecule has 19 heavy (non-hydrogen) atoms. The summed E-state index contributed by atoms with van der Waals surface area (Å²) in [4.78, 5) is 10.7. The standard InChI is InChI=1S/C12H15NO5S/c1-9-4-2-3-5-10(9)6-19(17,18)13-7-12(16,8-13)11(14)15/h2-5,16H,6-8H2,1H3,(H,14,15). The van der Waals surface area contributed by atoms with Gasteiger partial charge in [0.1, 0.15) is 0 Å². The van der Waals surface area contributed by atoms with Crippen molar-refractivity contribution >= 4 is 16.0 Å². The van der Waals surface area contributed by atoms with Crippen LogP contribution in [0.4, 0.5) is 0 Å².